The normalized spacial score (nSPS) is 18.8. The molecule has 114 valence electrons. The van der Waals surface area contributed by atoms with E-state index in [0.717, 1.165) is 11.4 Å². The maximum absolute atomic E-state index is 11.6. The van der Waals surface area contributed by atoms with Crippen LogP contribution in [0.25, 0.3) is 11.1 Å². The molecule has 4 heteroatoms. The van der Waals surface area contributed by atoms with Gasteiger partial charge in [-0.25, -0.2) is 4.79 Å². The van der Waals surface area contributed by atoms with Crippen LogP contribution in [0.1, 0.15) is 55.3 Å². The summed E-state index contributed by atoms with van der Waals surface area (Å²) in [5.41, 5.74) is 2.75. The Bertz CT molecular complexity index is 665. The first kappa shape index (κ1) is 14.9. The van der Waals surface area contributed by atoms with Crippen LogP contribution >= 0.6 is 15.9 Å². The van der Waals surface area contributed by atoms with Crippen molar-refractivity contribution >= 4 is 27.0 Å². The van der Waals surface area contributed by atoms with E-state index in [1.165, 1.54) is 50.5 Å². The Morgan fingerprint density at radius 3 is 2.71 bits per heavy atom. The van der Waals surface area contributed by atoms with Gasteiger partial charge in [-0.1, -0.05) is 60.5 Å². The number of nitrogens with zero attached hydrogens (tertiary/aromatic N) is 1. The molecule has 1 heterocycles. The predicted octanol–water partition coefficient (Wildman–Crippen LogP) is 4.93. The number of alkyl halides is 1. The van der Waals surface area contributed by atoms with Crippen molar-refractivity contribution in [3.8, 4) is 0 Å². The monoisotopic (exact) mass is 351 g/mol. The molecule has 0 N–H and O–H groups in total. The highest BCUT2D eigenvalue weighted by Crippen LogP contribution is 2.36. The van der Waals surface area contributed by atoms with Crippen LogP contribution in [-0.4, -0.2) is 4.57 Å². The van der Waals surface area contributed by atoms with Gasteiger partial charge in [0.15, 0.2) is 5.58 Å². The highest BCUT2D eigenvalue weighted by atomic mass is 79.9. The van der Waals surface area contributed by atoms with Crippen LogP contribution in [0, 0.1) is 5.92 Å². The maximum atomic E-state index is 11.6. The van der Waals surface area contributed by atoms with Crippen LogP contribution < -0.4 is 5.76 Å². The molecule has 1 fully saturated rings. The molecule has 1 aliphatic rings. The van der Waals surface area contributed by atoms with Gasteiger partial charge in [0.1, 0.15) is 0 Å². The van der Waals surface area contributed by atoms with Gasteiger partial charge < -0.3 is 4.42 Å². The van der Waals surface area contributed by atoms with Crippen molar-refractivity contribution in [1.29, 1.82) is 0 Å². The second-order valence-corrected chi connectivity index (χ2v) is 7.32. The Labute approximate surface area is 133 Å². The van der Waals surface area contributed by atoms with Crippen LogP contribution in [0.5, 0.6) is 0 Å². The van der Waals surface area contributed by atoms with Crippen molar-refractivity contribution in [2.75, 3.05) is 0 Å². The van der Waals surface area contributed by atoms with Gasteiger partial charge >= 0.3 is 5.76 Å². The fourth-order valence-corrected chi connectivity index (χ4v) is 4.19. The summed E-state index contributed by atoms with van der Waals surface area (Å²) in [7, 11) is 1.74. The van der Waals surface area contributed by atoms with E-state index in [0.29, 0.717) is 10.4 Å². The molecule has 0 spiro atoms. The molecule has 1 saturated carbocycles. The summed E-state index contributed by atoms with van der Waals surface area (Å²) in [4.78, 5) is 11.9. The van der Waals surface area contributed by atoms with Gasteiger partial charge in [-0.15, -0.1) is 0 Å². The van der Waals surface area contributed by atoms with E-state index in [1.54, 1.807) is 11.6 Å². The van der Waals surface area contributed by atoms with Crippen molar-refractivity contribution in [2.45, 2.75) is 49.8 Å². The topological polar surface area (TPSA) is 35.1 Å². The first-order chi connectivity index (χ1) is 10.1. The maximum Gasteiger partial charge on any atom is 0.419 e. The fourth-order valence-electron chi connectivity index (χ4n) is 3.37. The number of rotatable bonds is 3. The molecule has 1 atom stereocenters. The number of hydrogen-bond donors (Lipinski definition) is 0. The lowest BCUT2D eigenvalue weighted by atomic mass is 9.93. The second kappa shape index (κ2) is 6.39. The lowest BCUT2D eigenvalue weighted by Gasteiger charge is -2.18. The molecule has 0 saturated heterocycles. The number of fused-ring (bicyclic) bond motifs is 1. The molecule has 0 bridgehead atoms. The summed E-state index contributed by atoms with van der Waals surface area (Å²) >= 11 is 3.83. The van der Waals surface area contributed by atoms with E-state index in [2.05, 4.69) is 22.0 Å². The van der Waals surface area contributed by atoms with Gasteiger partial charge in [-0.3, -0.25) is 4.57 Å². The van der Waals surface area contributed by atoms with Crippen molar-refractivity contribution < 1.29 is 4.42 Å². The van der Waals surface area contributed by atoms with E-state index >= 15 is 0 Å². The molecule has 21 heavy (non-hydrogen) atoms. The lowest BCUT2D eigenvalue weighted by Crippen LogP contribution is -2.08. The molecular weight excluding hydrogens is 330 g/mol. The summed E-state index contributed by atoms with van der Waals surface area (Å²) in [6.07, 6.45) is 9.40. The number of hydrogen-bond acceptors (Lipinski definition) is 2. The molecular formula is C17H22BrNO2. The zero-order valence-electron chi connectivity index (χ0n) is 12.5. The van der Waals surface area contributed by atoms with Gasteiger partial charge in [-0.2, -0.15) is 0 Å². The molecule has 1 unspecified atom stereocenters. The van der Waals surface area contributed by atoms with Crippen molar-refractivity contribution in [2.24, 2.45) is 13.0 Å². The third-order valence-electron chi connectivity index (χ3n) is 4.69. The second-order valence-electron chi connectivity index (χ2n) is 6.21. The third kappa shape index (κ3) is 3.25. The van der Waals surface area contributed by atoms with Crippen molar-refractivity contribution in [3.05, 3.63) is 34.3 Å². The molecule has 0 aliphatic heterocycles. The Balaban J connectivity index is 1.77. The smallest absolute Gasteiger partial charge is 0.408 e. The largest absolute Gasteiger partial charge is 0.419 e. The SMILES string of the molecule is Cn1c(=O)oc2cc(C(Br)CC3CCCCCC3)ccc21. The van der Waals surface area contributed by atoms with Gasteiger partial charge in [0, 0.05) is 11.9 Å². The third-order valence-corrected chi connectivity index (χ3v) is 5.60. The number of halogens is 1. The highest BCUT2D eigenvalue weighted by Gasteiger charge is 2.18. The summed E-state index contributed by atoms with van der Waals surface area (Å²) < 4.78 is 6.84. The van der Waals surface area contributed by atoms with Gasteiger partial charge in [0.05, 0.1) is 5.52 Å². The van der Waals surface area contributed by atoms with Gasteiger partial charge in [0.25, 0.3) is 0 Å². The molecule has 0 radical (unpaired) electrons. The number of benzene rings is 1. The molecule has 1 aromatic heterocycles. The van der Waals surface area contributed by atoms with Crippen LogP contribution in [0.2, 0.25) is 0 Å². The minimum Gasteiger partial charge on any atom is -0.408 e. The lowest BCUT2D eigenvalue weighted by molar-refractivity contribution is 0.427. The highest BCUT2D eigenvalue weighted by molar-refractivity contribution is 9.09. The molecule has 1 aromatic carbocycles. The van der Waals surface area contributed by atoms with Crippen LogP contribution in [-0.2, 0) is 7.05 Å². The van der Waals surface area contributed by atoms with Crippen molar-refractivity contribution in [3.63, 3.8) is 0 Å². The van der Waals surface area contributed by atoms with Crippen molar-refractivity contribution in [1.82, 2.24) is 4.57 Å². The Morgan fingerprint density at radius 2 is 2.00 bits per heavy atom. The Kier molecular flexibility index (Phi) is 4.53. The van der Waals surface area contributed by atoms with Crippen LogP contribution in [0.4, 0.5) is 0 Å². The molecule has 2 aromatic rings. The van der Waals surface area contributed by atoms with Crippen LogP contribution in [0.3, 0.4) is 0 Å². The fraction of sp³-hybridized carbons (Fsp3) is 0.588. The average molecular weight is 352 g/mol. The molecule has 3 rings (SSSR count). The number of aromatic nitrogens is 1. The Hall–Kier alpha value is -1.03. The summed E-state index contributed by atoms with van der Waals surface area (Å²) in [6, 6.07) is 6.09. The van der Waals surface area contributed by atoms with Crippen LogP contribution in [0.15, 0.2) is 27.4 Å². The quantitative estimate of drug-likeness (QED) is 0.580. The Morgan fingerprint density at radius 1 is 1.29 bits per heavy atom. The summed E-state index contributed by atoms with van der Waals surface area (Å²) in [6.45, 7) is 0. The van der Waals surface area contributed by atoms with E-state index in [-0.39, 0.29) is 5.76 Å². The summed E-state index contributed by atoms with van der Waals surface area (Å²) in [5.74, 6) is 0.521. The zero-order valence-corrected chi connectivity index (χ0v) is 14.1. The van der Waals surface area contributed by atoms with E-state index in [1.807, 2.05) is 12.1 Å². The van der Waals surface area contributed by atoms with E-state index < -0.39 is 0 Å². The molecule has 3 nitrogen and oxygen atoms in total. The standard InChI is InChI=1S/C17H22BrNO2/c1-19-15-9-8-13(11-16(15)21-17(19)20)14(18)10-12-6-4-2-3-5-7-12/h8-9,11-12,14H,2-7,10H2,1H3. The molecule has 0 amide bonds. The summed E-state index contributed by atoms with van der Waals surface area (Å²) in [5, 5.41) is 0. The average Bonchev–Trinajstić information content (AvgIpc) is 2.67. The number of oxazole rings is 1. The van der Waals surface area contributed by atoms with E-state index in [9.17, 15) is 4.79 Å². The predicted molar refractivity (Wildman–Crippen MR) is 88.9 cm³/mol. The molecule has 1 aliphatic carbocycles. The zero-order chi connectivity index (χ0) is 14.8. The minimum atomic E-state index is -0.294. The first-order valence-electron chi connectivity index (χ1n) is 7.88. The van der Waals surface area contributed by atoms with E-state index in [4.69, 9.17) is 4.42 Å². The number of aryl methyl sites for hydroxylation is 1. The minimum absolute atomic E-state index is 0.294. The first-order valence-corrected chi connectivity index (χ1v) is 8.80. The van der Waals surface area contributed by atoms with Gasteiger partial charge in [-0.05, 0) is 30.0 Å². The van der Waals surface area contributed by atoms with Gasteiger partial charge in [0.2, 0.25) is 0 Å².